The zero-order chi connectivity index (χ0) is 23.1. The van der Waals surface area contributed by atoms with Crippen LogP contribution >= 0.6 is 0 Å². The van der Waals surface area contributed by atoms with Crippen molar-refractivity contribution in [3.8, 4) is 5.75 Å². The van der Waals surface area contributed by atoms with Gasteiger partial charge in [-0.15, -0.1) is 13.2 Å². The molecule has 2 aromatic rings. The van der Waals surface area contributed by atoms with Gasteiger partial charge < -0.3 is 14.4 Å². The molecule has 0 bridgehead atoms. The van der Waals surface area contributed by atoms with E-state index in [-0.39, 0.29) is 17.2 Å². The summed E-state index contributed by atoms with van der Waals surface area (Å²) in [5.74, 6) is 0.589. The first kappa shape index (κ1) is 22.1. The minimum absolute atomic E-state index is 0.0793. The highest BCUT2D eigenvalue weighted by Crippen LogP contribution is 2.42. The van der Waals surface area contributed by atoms with Gasteiger partial charge in [0.15, 0.2) is 0 Å². The molecule has 2 aliphatic heterocycles. The monoisotopic (exact) mass is 461 g/mol. The number of hydrogen-bond donors (Lipinski definition) is 0. The molecular weight excluding hydrogens is 435 g/mol. The standard InChI is InChI=1S/C24H26F3N3O3/c25-24(26,27)33-20-11-16(10-18(12-20)17-3-4-17)2-5-21-28-13-19(14-29-21)22(31)30-8-7-23(30)6-1-9-32-15-23/h10-14,17H,1-9,15H2/t23-/m0/s1. The first-order chi connectivity index (χ1) is 15.8. The van der Waals surface area contributed by atoms with Gasteiger partial charge in [0.1, 0.15) is 11.6 Å². The van der Waals surface area contributed by atoms with Crippen molar-refractivity contribution in [2.75, 3.05) is 19.8 Å². The molecule has 0 N–H and O–H groups in total. The second kappa shape index (κ2) is 8.59. The molecule has 0 radical (unpaired) electrons. The zero-order valence-electron chi connectivity index (χ0n) is 18.2. The van der Waals surface area contributed by atoms with E-state index in [1.807, 2.05) is 11.0 Å². The predicted octanol–water partition coefficient (Wildman–Crippen LogP) is 4.43. The molecule has 1 amide bonds. The molecule has 0 unspecified atom stereocenters. The summed E-state index contributed by atoms with van der Waals surface area (Å²) >= 11 is 0. The van der Waals surface area contributed by atoms with Gasteiger partial charge in [0.25, 0.3) is 5.91 Å². The lowest BCUT2D eigenvalue weighted by Crippen LogP contribution is -2.65. The normalized spacial score (nSPS) is 22.8. The summed E-state index contributed by atoms with van der Waals surface area (Å²) in [6, 6.07) is 4.84. The smallest absolute Gasteiger partial charge is 0.406 e. The van der Waals surface area contributed by atoms with Crippen LogP contribution in [0.3, 0.4) is 0 Å². The van der Waals surface area contributed by atoms with Crippen LogP contribution in [0.5, 0.6) is 5.75 Å². The van der Waals surface area contributed by atoms with Crippen LogP contribution in [0.1, 0.15) is 65.3 Å². The summed E-state index contributed by atoms with van der Waals surface area (Å²) in [5.41, 5.74) is 1.89. The molecule has 5 rings (SSSR count). The lowest BCUT2D eigenvalue weighted by Gasteiger charge is -2.54. The van der Waals surface area contributed by atoms with E-state index < -0.39 is 6.36 Å². The third-order valence-corrected chi connectivity index (χ3v) is 6.78. The minimum Gasteiger partial charge on any atom is -0.406 e. The quantitative estimate of drug-likeness (QED) is 0.637. The largest absolute Gasteiger partial charge is 0.573 e. The maximum absolute atomic E-state index is 12.9. The molecule has 1 aromatic heterocycles. The fourth-order valence-corrected chi connectivity index (χ4v) is 4.79. The van der Waals surface area contributed by atoms with Crippen molar-refractivity contribution in [1.29, 1.82) is 0 Å². The van der Waals surface area contributed by atoms with E-state index in [0.717, 1.165) is 49.8 Å². The average Bonchev–Trinajstić information content (AvgIpc) is 3.62. The number of amides is 1. The fraction of sp³-hybridized carbons (Fsp3) is 0.542. The van der Waals surface area contributed by atoms with Gasteiger partial charge in [-0.3, -0.25) is 4.79 Å². The Balaban J connectivity index is 1.23. The summed E-state index contributed by atoms with van der Waals surface area (Å²) in [7, 11) is 0. The number of halogens is 3. The molecule has 176 valence electrons. The number of ether oxygens (including phenoxy) is 2. The SMILES string of the molecule is O=C(c1cnc(CCc2cc(OC(F)(F)F)cc(C3CC3)c2)nc1)N1CC[C@]12CCCOC2. The van der Waals surface area contributed by atoms with Crippen LogP contribution in [0.25, 0.3) is 0 Å². The predicted molar refractivity (Wildman–Crippen MR) is 113 cm³/mol. The third-order valence-electron chi connectivity index (χ3n) is 6.78. The Bertz CT molecular complexity index is 1020. The summed E-state index contributed by atoms with van der Waals surface area (Å²) in [6.07, 6.45) is 4.13. The topological polar surface area (TPSA) is 64.5 Å². The fourth-order valence-electron chi connectivity index (χ4n) is 4.79. The van der Waals surface area contributed by atoms with Crippen LogP contribution in [0.15, 0.2) is 30.6 Å². The Labute approximate surface area is 190 Å². The molecular formula is C24H26F3N3O3. The average molecular weight is 461 g/mol. The van der Waals surface area contributed by atoms with Crippen LogP contribution in [0.4, 0.5) is 13.2 Å². The van der Waals surface area contributed by atoms with Gasteiger partial charge in [-0.1, -0.05) is 6.07 Å². The molecule has 1 atom stereocenters. The van der Waals surface area contributed by atoms with Crippen molar-refractivity contribution in [3.05, 3.63) is 53.1 Å². The summed E-state index contributed by atoms with van der Waals surface area (Å²) < 4.78 is 47.9. The number of aromatic nitrogens is 2. The number of aryl methyl sites for hydroxylation is 2. The first-order valence-corrected chi connectivity index (χ1v) is 11.4. The van der Waals surface area contributed by atoms with Crippen LogP contribution in [0, 0.1) is 0 Å². The number of carbonyl (C=O) groups is 1. The van der Waals surface area contributed by atoms with E-state index in [1.54, 1.807) is 12.4 Å². The number of rotatable bonds is 6. The van der Waals surface area contributed by atoms with E-state index in [9.17, 15) is 18.0 Å². The molecule has 9 heteroatoms. The number of carbonyl (C=O) groups excluding carboxylic acids is 1. The van der Waals surface area contributed by atoms with E-state index >= 15 is 0 Å². The van der Waals surface area contributed by atoms with Gasteiger partial charge >= 0.3 is 6.36 Å². The molecule has 33 heavy (non-hydrogen) atoms. The second-order valence-electron chi connectivity index (χ2n) is 9.21. The van der Waals surface area contributed by atoms with Crippen LogP contribution < -0.4 is 4.74 Å². The number of nitrogens with zero attached hydrogens (tertiary/aromatic N) is 3. The van der Waals surface area contributed by atoms with Gasteiger partial charge in [-0.25, -0.2) is 9.97 Å². The molecule has 1 saturated carbocycles. The first-order valence-electron chi connectivity index (χ1n) is 11.4. The lowest BCUT2D eigenvalue weighted by atomic mass is 9.79. The Hall–Kier alpha value is -2.68. The van der Waals surface area contributed by atoms with Gasteiger partial charge in [-0.2, -0.15) is 0 Å². The molecule has 2 saturated heterocycles. The van der Waals surface area contributed by atoms with Crippen LogP contribution in [-0.4, -0.2) is 52.4 Å². The molecule has 3 aliphatic rings. The van der Waals surface area contributed by atoms with Crippen molar-refractivity contribution >= 4 is 5.91 Å². The molecule has 1 aliphatic carbocycles. The number of benzene rings is 1. The lowest BCUT2D eigenvalue weighted by molar-refractivity contribution is -0.274. The Morgan fingerprint density at radius 3 is 2.55 bits per heavy atom. The van der Waals surface area contributed by atoms with Crippen molar-refractivity contribution in [2.24, 2.45) is 0 Å². The van der Waals surface area contributed by atoms with Crippen molar-refractivity contribution < 1.29 is 27.4 Å². The Morgan fingerprint density at radius 1 is 1.15 bits per heavy atom. The highest BCUT2D eigenvalue weighted by molar-refractivity contribution is 5.94. The van der Waals surface area contributed by atoms with Gasteiger partial charge in [0, 0.05) is 32.0 Å². The zero-order valence-corrected chi connectivity index (χ0v) is 18.2. The van der Waals surface area contributed by atoms with Crippen LogP contribution in [-0.2, 0) is 17.6 Å². The van der Waals surface area contributed by atoms with E-state index in [0.29, 0.717) is 43.3 Å². The summed E-state index contributed by atoms with van der Waals surface area (Å²) in [5, 5.41) is 0. The highest BCUT2D eigenvalue weighted by Gasteiger charge is 2.48. The molecule has 3 fully saturated rings. The maximum Gasteiger partial charge on any atom is 0.573 e. The highest BCUT2D eigenvalue weighted by atomic mass is 19.4. The van der Waals surface area contributed by atoms with Gasteiger partial charge in [0.05, 0.1) is 17.7 Å². The Kier molecular flexibility index (Phi) is 5.76. The van der Waals surface area contributed by atoms with Crippen LogP contribution in [0.2, 0.25) is 0 Å². The van der Waals surface area contributed by atoms with E-state index in [4.69, 9.17) is 4.74 Å². The van der Waals surface area contributed by atoms with Crippen molar-refractivity contribution in [1.82, 2.24) is 14.9 Å². The number of alkyl halides is 3. The molecule has 1 spiro atoms. The van der Waals surface area contributed by atoms with E-state index in [2.05, 4.69) is 14.7 Å². The summed E-state index contributed by atoms with van der Waals surface area (Å²) in [6.45, 7) is 2.04. The molecule has 3 heterocycles. The number of hydrogen-bond acceptors (Lipinski definition) is 5. The maximum atomic E-state index is 12.9. The van der Waals surface area contributed by atoms with Gasteiger partial charge in [-0.05, 0) is 67.7 Å². The second-order valence-corrected chi connectivity index (χ2v) is 9.21. The van der Waals surface area contributed by atoms with Crippen molar-refractivity contribution in [2.45, 2.75) is 62.8 Å². The molecule has 1 aromatic carbocycles. The molecule has 6 nitrogen and oxygen atoms in total. The third kappa shape index (κ3) is 4.98. The Morgan fingerprint density at radius 2 is 1.94 bits per heavy atom. The van der Waals surface area contributed by atoms with Crippen molar-refractivity contribution in [3.63, 3.8) is 0 Å². The number of likely N-dealkylation sites (tertiary alicyclic amines) is 1. The van der Waals surface area contributed by atoms with Gasteiger partial charge in [0.2, 0.25) is 0 Å². The van der Waals surface area contributed by atoms with E-state index in [1.165, 1.54) is 12.1 Å². The minimum atomic E-state index is -4.72. The summed E-state index contributed by atoms with van der Waals surface area (Å²) in [4.78, 5) is 23.5.